The SMILES string of the molecule is COc1cc(/C=C/c2cc3c(c(OC(C)=O)c2)C=CC3)cc(OC)c1OC. The Labute approximate surface area is 158 Å². The van der Waals surface area contributed by atoms with Gasteiger partial charge in [-0.05, 0) is 41.3 Å². The van der Waals surface area contributed by atoms with Gasteiger partial charge in [-0.15, -0.1) is 0 Å². The Hall–Kier alpha value is -3.21. The second-order valence-electron chi connectivity index (χ2n) is 6.08. The Bertz CT molecular complexity index is 900. The third-order valence-corrected chi connectivity index (χ3v) is 4.28. The summed E-state index contributed by atoms with van der Waals surface area (Å²) in [5, 5.41) is 0. The van der Waals surface area contributed by atoms with E-state index in [1.165, 1.54) is 6.92 Å². The number of hydrogen-bond donors (Lipinski definition) is 0. The molecule has 0 saturated heterocycles. The molecule has 0 bridgehead atoms. The summed E-state index contributed by atoms with van der Waals surface area (Å²) < 4.78 is 21.5. The van der Waals surface area contributed by atoms with Gasteiger partial charge in [0.15, 0.2) is 11.5 Å². The van der Waals surface area contributed by atoms with Gasteiger partial charge in [-0.25, -0.2) is 0 Å². The molecular formula is C22H22O5. The van der Waals surface area contributed by atoms with Crippen molar-refractivity contribution in [2.45, 2.75) is 13.3 Å². The van der Waals surface area contributed by atoms with E-state index in [0.29, 0.717) is 23.0 Å². The lowest BCUT2D eigenvalue weighted by molar-refractivity contribution is -0.131. The molecule has 0 amide bonds. The fourth-order valence-electron chi connectivity index (χ4n) is 3.10. The highest BCUT2D eigenvalue weighted by atomic mass is 16.5. The van der Waals surface area contributed by atoms with Crippen LogP contribution in [0.5, 0.6) is 23.0 Å². The number of carbonyl (C=O) groups excluding carboxylic acids is 1. The number of fused-ring (bicyclic) bond motifs is 1. The predicted molar refractivity (Wildman–Crippen MR) is 106 cm³/mol. The van der Waals surface area contributed by atoms with E-state index in [1.54, 1.807) is 21.3 Å². The highest BCUT2D eigenvalue weighted by Gasteiger charge is 2.15. The van der Waals surface area contributed by atoms with Crippen LogP contribution in [0.3, 0.4) is 0 Å². The van der Waals surface area contributed by atoms with E-state index in [2.05, 4.69) is 12.1 Å². The van der Waals surface area contributed by atoms with Crippen LogP contribution in [0.25, 0.3) is 18.2 Å². The van der Waals surface area contributed by atoms with Crippen LogP contribution < -0.4 is 18.9 Å². The Kier molecular flexibility index (Phi) is 5.50. The molecule has 140 valence electrons. The number of benzene rings is 2. The van der Waals surface area contributed by atoms with E-state index in [1.807, 2.05) is 36.4 Å². The van der Waals surface area contributed by atoms with Gasteiger partial charge in [-0.2, -0.15) is 0 Å². The first-order valence-electron chi connectivity index (χ1n) is 8.55. The van der Waals surface area contributed by atoms with Crippen LogP contribution in [0.15, 0.2) is 30.3 Å². The zero-order valence-electron chi connectivity index (χ0n) is 15.9. The van der Waals surface area contributed by atoms with Crippen molar-refractivity contribution in [1.29, 1.82) is 0 Å². The lowest BCUT2D eigenvalue weighted by atomic mass is 10.0. The summed E-state index contributed by atoms with van der Waals surface area (Å²) in [5.74, 6) is 1.99. The highest BCUT2D eigenvalue weighted by Crippen LogP contribution is 2.39. The first-order chi connectivity index (χ1) is 13.0. The number of rotatable bonds is 6. The third kappa shape index (κ3) is 3.97. The number of ether oxygens (including phenoxy) is 4. The zero-order chi connectivity index (χ0) is 19.4. The number of allylic oxidation sites excluding steroid dienone is 1. The second-order valence-corrected chi connectivity index (χ2v) is 6.08. The van der Waals surface area contributed by atoms with Crippen LogP contribution in [-0.4, -0.2) is 27.3 Å². The van der Waals surface area contributed by atoms with Gasteiger partial charge in [-0.3, -0.25) is 4.79 Å². The minimum Gasteiger partial charge on any atom is -0.493 e. The number of methoxy groups -OCH3 is 3. The number of esters is 1. The number of hydrogen-bond acceptors (Lipinski definition) is 5. The first kappa shape index (κ1) is 18.6. The standard InChI is InChI=1S/C22H22O5/c1-14(23)27-19-11-15(10-17-6-5-7-18(17)19)8-9-16-12-20(24-2)22(26-4)21(13-16)25-3/h5,7-13H,6H2,1-4H3/b9-8+. The van der Waals surface area contributed by atoms with Crippen molar-refractivity contribution in [3.8, 4) is 23.0 Å². The molecule has 0 fully saturated rings. The van der Waals surface area contributed by atoms with Crippen LogP contribution in [0.1, 0.15) is 29.2 Å². The van der Waals surface area contributed by atoms with E-state index in [9.17, 15) is 4.79 Å². The topological polar surface area (TPSA) is 54.0 Å². The van der Waals surface area contributed by atoms with Gasteiger partial charge in [0.25, 0.3) is 0 Å². The van der Waals surface area contributed by atoms with Gasteiger partial charge in [0, 0.05) is 12.5 Å². The summed E-state index contributed by atoms with van der Waals surface area (Å²) in [6, 6.07) is 7.71. The summed E-state index contributed by atoms with van der Waals surface area (Å²) in [6.45, 7) is 1.41. The van der Waals surface area contributed by atoms with Crippen LogP contribution >= 0.6 is 0 Å². The Morgan fingerprint density at radius 2 is 1.48 bits per heavy atom. The van der Waals surface area contributed by atoms with Crippen molar-refractivity contribution >= 4 is 24.2 Å². The van der Waals surface area contributed by atoms with E-state index in [-0.39, 0.29) is 5.97 Å². The maximum Gasteiger partial charge on any atom is 0.308 e. The fraction of sp³-hybridized carbons (Fsp3) is 0.227. The van der Waals surface area contributed by atoms with E-state index < -0.39 is 0 Å². The van der Waals surface area contributed by atoms with Gasteiger partial charge in [0.2, 0.25) is 5.75 Å². The van der Waals surface area contributed by atoms with Crippen molar-refractivity contribution < 1.29 is 23.7 Å². The predicted octanol–water partition coefficient (Wildman–Crippen LogP) is 4.38. The largest absolute Gasteiger partial charge is 0.493 e. The van der Waals surface area contributed by atoms with Crippen LogP contribution in [0.4, 0.5) is 0 Å². The van der Waals surface area contributed by atoms with Crippen LogP contribution in [-0.2, 0) is 11.2 Å². The molecule has 0 saturated carbocycles. The molecule has 2 aromatic carbocycles. The molecule has 5 nitrogen and oxygen atoms in total. The van der Waals surface area contributed by atoms with Crippen LogP contribution in [0, 0.1) is 0 Å². The molecule has 0 atom stereocenters. The lowest BCUT2D eigenvalue weighted by Crippen LogP contribution is -2.03. The monoisotopic (exact) mass is 366 g/mol. The van der Waals surface area contributed by atoms with Crippen molar-refractivity contribution in [2.75, 3.05) is 21.3 Å². The Morgan fingerprint density at radius 3 is 2.04 bits per heavy atom. The molecule has 0 aliphatic heterocycles. The van der Waals surface area contributed by atoms with E-state index in [4.69, 9.17) is 18.9 Å². The molecule has 1 aliphatic carbocycles. The van der Waals surface area contributed by atoms with Crippen LogP contribution in [0.2, 0.25) is 0 Å². The number of carbonyl (C=O) groups is 1. The third-order valence-electron chi connectivity index (χ3n) is 4.28. The molecule has 0 spiro atoms. The molecule has 0 N–H and O–H groups in total. The molecule has 0 unspecified atom stereocenters. The normalized spacial score (nSPS) is 12.1. The van der Waals surface area contributed by atoms with Gasteiger partial charge in [-0.1, -0.05) is 30.4 Å². The summed E-state index contributed by atoms with van der Waals surface area (Å²) in [4.78, 5) is 11.4. The van der Waals surface area contributed by atoms with Crippen molar-refractivity contribution in [2.24, 2.45) is 0 Å². The van der Waals surface area contributed by atoms with E-state index >= 15 is 0 Å². The quantitative estimate of drug-likeness (QED) is 0.431. The van der Waals surface area contributed by atoms with Crippen molar-refractivity contribution in [1.82, 2.24) is 0 Å². The van der Waals surface area contributed by atoms with Gasteiger partial charge < -0.3 is 18.9 Å². The molecule has 3 rings (SSSR count). The lowest BCUT2D eigenvalue weighted by Gasteiger charge is -2.13. The zero-order valence-corrected chi connectivity index (χ0v) is 15.9. The molecule has 27 heavy (non-hydrogen) atoms. The summed E-state index contributed by atoms with van der Waals surface area (Å²) in [7, 11) is 4.75. The molecule has 0 heterocycles. The molecule has 0 radical (unpaired) electrons. The average Bonchev–Trinajstić information content (AvgIpc) is 3.13. The fourth-order valence-corrected chi connectivity index (χ4v) is 3.10. The van der Waals surface area contributed by atoms with Crippen molar-refractivity contribution in [3.63, 3.8) is 0 Å². The minimum absolute atomic E-state index is 0.330. The molecule has 2 aromatic rings. The Morgan fingerprint density at radius 1 is 0.889 bits per heavy atom. The Balaban J connectivity index is 1.96. The molecular weight excluding hydrogens is 344 g/mol. The summed E-state index contributed by atoms with van der Waals surface area (Å²) in [6.07, 6.45) is 8.79. The maximum absolute atomic E-state index is 11.4. The van der Waals surface area contributed by atoms with Gasteiger partial charge in [0.05, 0.1) is 21.3 Å². The van der Waals surface area contributed by atoms with Gasteiger partial charge >= 0.3 is 5.97 Å². The van der Waals surface area contributed by atoms with Crippen molar-refractivity contribution in [3.05, 3.63) is 52.6 Å². The summed E-state index contributed by atoms with van der Waals surface area (Å²) in [5.41, 5.74) is 3.95. The molecule has 5 heteroatoms. The van der Waals surface area contributed by atoms with Gasteiger partial charge in [0.1, 0.15) is 5.75 Å². The highest BCUT2D eigenvalue weighted by molar-refractivity contribution is 5.78. The van der Waals surface area contributed by atoms with E-state index in [0.717, 1.165) is 28.7 Å². The first-order valence-corrected chi connectivity index (χ1v) is 8.55. The minimum atomic E-state index is -0.330. The second kappa shape index (κ2) is 7.99. The summed E-state index contributed by atoms with van der Waals surface area (Å²) >= 11 is 0. The molecule has 1 aliphatic rings. The smallest absolute Gasteiger partial charge is 0.308 e. The average molecular weight is 366 g/mol. The maximum atomic E-state index is 11.4. The molecule has 0 aromatic heterocycles.